The highest BCUT2D eigenvalue weighted by Gasteiger charge is 2.24. The molecule has 0 aromatic carbocycles. The van der Waals surface area contributed by atoms with Gasteiger partial charge in [0.05, 0.1) is 0 Å². The van der Waals surface area contributed by atoms with Crippen LogP contribution < -0.4 is 0 Å². The number of hydrogen-bond acceptors (Lipinski definition) is 2. The van der Waals surface area contributed by atoms with Gasteiger partial charge >= 0.3 is 5.97 Å². The molecule has 0 bridgehead atoms. The van der Waals surface area contributed by atoms with E-state index in [9.17, 15) is 4.79 Å². The van der Waals surface area contributed by atoms with E-state index in [2.05, 4.69) is 13.8 Å². The van der Waals surface area contributed by atoms with Crippen LogP contribution in [0.15, 0.2) is 0 Å². The highest BCUT2D eigenvalue weighted by Crippen LogP contribution is 2.23. The van der Waals surface area contributed by atoms with Gasteiger partial charge in [0.25, 0.3) is 0 Å². The largest absolute Gasteiger partial charge is 0.462 e. The van der Waals surface area contributed by atoms with Gasteiger partial charge in [0, 0.05) is 6.42 Å². The van der Waals surface area contributed by atoms with Gasteiger partial charge in [-0.1, -0.05) is 26.7 Å². The number of cyclic esters (lactones) is 1. The molecule has 1 aliphatic heterocycles. The van der Waals surface area contributed by atoms with E-state index >= 15 is 0 Å². The van der Waals surface area contributed by atoms with E-state index in [1.165, 1.54) is 19.3 Å². The van der Waals surface area contributed by atoms with Gasteiger partial charge in [0.1, 0.15) is 6.10 Å². The average Bonchev–Trinajstić information content (AvgIpc) is 2.03. The third-order valence-electron chi connectivity index (χ3n) is 2.61. The fourth-order valence-corrected chi connectivity index (χ4v) is 1.90. The summed E-state index contributed by atoms with van der Waals surface area (Å²) in [6, 6.07) is 0. The van der Waals surface area contributed by atoms with Crippen LogP contribution >= 0.6 is 0 Å². The highest BCUT2D eigenvalue weighted by atomic mass is 16.5. The van der Waals surface area contributed by atoms with Gasteiger partial charge in [-0.05, 0) is 25.2 Å². The Morgan fingerprint density at radius 3 is 2.85 bits per heavy atom. The molecule has 13 heavy (non-hydrogen) atoms. The van der Waals surface area contributed by atoms with E-state index in [1.54, 1.807) is 0 Å². The maximum Gasteiger partial charge on any atom is 0.306 e. The van der Waals surface area contributed by atoms with E-state index in [0.717, 1.165) is 12.8 Å². The first-order valence-electron chi connectivity index (χ1n) is 5.41. The van der Waals surface area contributed by atoms with Crippen molar-refractivity contribution in [3.05, 3.63) is 0 Å². The lowest BCUT2D eigenvalue weighted by atomic mass is 9.94. The number of ether oxygens (including phenoxy) is 1. The summed E-state index contributed by atoms with van der Waals surface area (Å²) in [7, 11) is 0. The fourth-order valence-electron chi connectivity index (χ4n) is 1.90. The predicted octanol–water partition coefficient (Wildman–Crippen LogP) is 2.91. The maximum atomic E-state index is 11.1. The molecule has 1 rings (SSSR count). The van der Waals surface area contributed by atoms with Crippen LogP contribution in [0.1, 0.15) is 52.4 Å². The number of rotatable bonds is 4. The zero-order chi connectivity index (χ0) is 9.68. The Labute approximate surface area is 80.7 Å². The summed E-state index contributed by atoms with van der Waals surface area (Å²) >= 11 is 0. The zero-order valence-corrected chi connectivity index (χ0v) is 8.71. The Bertz CT molecular complexity index is 165. The quantitative estimate of drug-likeness (QED) is 0.496. The molecule has 0 aromatic rings. The molecule has 0 aliphatic carbocycles. The molecule has 0 N–H and O–H groups in total. The minimum absolute atomic E-state index is 0.000230. The third-order valence-corrected chi connectivity index (χ3v) is 2.61. The van der Waals surface area contributed by atoms with Crippen molar-refractivity contribution in [1.29, 1.82) is 0 Å². The molecule has 1 fully saturated rings. The monoisotopic (exact) mass is 184 g/mol. The fraction of sp³-hybridized carbons (Fsp3) is 0.909. The lowest BCUT2D eigenvalue weighted by Crippen LogP contribution is -2.28. The van der Waals surface area contributed by atoms with Crippen LogP contribution in [-0.2, 0) is 9.53 Å². The Morgan fingerprint density at radius 1 is 1.46 bits per heavy atom. The Hall–Kier alpha value is -0.530. The molecule has 0 aromatic heterocycles. The second-order valence-electron chi connectivity index (χ2n) is 4.15. The average molecular weight is 184 g/mol. The summed E-state index contributed by atoms with van der Waals surface area (Å²) in [6.45, 7) is 4.32. The summed E-state index contributed by atoms with van der Waals surface area (Å²) in [5.74, 6) is 0.521. The minimum atomic E-state index is 0.000230. The van der Waals surface area contributed by atoms with Crippen LogP contribution in [0.25, 0.3) is 0 Å². The van der Waals surface area contributed by atoms with Crippen LogP contribution in [0, 0.1) is 5.92 Å². The molecule has 0 radical (unpaired) electrons. The van der Waals surface area contributed by atoms with Crippen molar-refractivity contribution in [2.24, 2.45) is 5.92 Å². The van der Waals surface area contributed by atoms with Gasteiger partial charge in [-0.25, -0.2) is 0 Å². The van der Waals surface area contributed by atoms with E-state index in [-0.39, 0.29) is 12.1 Å². The molecule has 2 heteroatoms. The first-order valence-corrected chi connectivity index (χ1v) is 5.41. The van der Waals surface area contributed by atoms with Gasteiger partial charge in [0.2, 0.25) is 0 Å². The summed E-state index contributed by atoms with van der Waals surface area (Å²) in [6.07, 6.45) is 6.63. The molecule has 76 valence electrons. The lowest BCUT2D eigenvalue weighted by Gasteiger charge is -2.26. The Kier molecular flexibility index (Phi) is 4.26. The van der Waals surface area contributed by atoms with Crippen LogP contribution in [-0.4, -0.2) is 12.1 Å². The molecule has 2 atom stereocenters. The molecule has 0 saturated carbocycles. The van der Waals surface area contributed by atoms with Crippen molar-refractivity contribution in [3.8, 4) is 0 Å². The van der Waals surface area contributed by atoms with E-state index in [1.807, 2.05) is 0 Å². The molecule has 1 aliphatic rings. The molecule has 1 heterocycles. The maximum absolute atomic E-state index is 11.1. The molecular formula is C11H20O2. The number of carbonyl (C=O) groups is 1. The van der Waals surface area contributed by atoms with Crippen LogP contribution in [0.4, 0.5) is 0 Å². The number of carbonyl (C=O) groups excluding carboxylic acids is 1. The smallest absolute Gasteiger partial charge is 0.306 e. The van der Waals surface area contributed by atoms with E-state index < -0.39 is 0 Å². The Morgan fingerprint density at radius 2 is 2.23 bits per heavy atom. The van der Waals surface area contributed by atoms with Crippen molar-refractivity contribution >= 4 is 5.97 Å². The van der Waals surface area contributed by atoms with Crippen molar-refractivity contribution in [1.82, 2.24) is 0 Å². The standard InChI is InChI=1S/C11H20O2/c1-3-4-5-6-10-7-9(2)8-11(12)13-10/h9-10H,3-8H2,1-2H3/t9-,10+/m0/s1. The normalized spacial score (nSPS) is 28.6. The molecule has 0 spiro atoms. The first-order chi connectivity index (χ1) is 6.22. The number of esters is 1. The topological polar surface area (TPSA) is 26.3 Å². The third kappa shape index (κ3) is 3.79. The van der Waals surface area contributed by atoms with Crippen LogP contribution in [0.2, 0.25) is 0 Å². The first kappa shape index (κ1) is 10.6. The van der Waals surface area contributed by atoms with Gasteiger partial charge in [-0.15, -0.1) is 0 Å². The minimum Gasteiger partial charge on any atom is -0.462 e. The van der Waals surface area contributed by atoms with E-state index in [4.69, 9.17) is 4.74 Å². The van der Waals surface area contributed by atoms with E-state index in [0.29, 0.717) is 12.3 Å². The van der Waals surface area contributed by atoms with Crippen molar-refractivity contribution in [2.45, 2.75) is 58.5 Å². The SMILES string of the molecule is CCCCC[C@@H]1C[C@H](C)CC(=O)O1. The number of hydrogen-bond donors (Lipinski definition) is 0. The second-order valence-corrected chi connectivity index (χ2v) is 4.15. The summed E-state index contributed by atoms with van der Waals surface area (Å²) in [5, 5.41) is 0. The second kappa shape index (κ2) is 5.25. The predicted molar refractivity (Wildman–Crippen MR) is 52.4 cm³/mol. The van der Waals surface area contributed by atoms with Gasteiger partial charge in [-0.3, -0.25) is 4.79 Å². The van der Waals surface area contributed by atoms with Gasteiger partial charge in [0.15, 0.2) is 0 Å². The summed E-state index contributed by atoms with van der Waals surface area (Å²) in [4.78, 5) is 11.1. The van der Waals surface area contributed by atoms with Gasteiger partial charge < -0.3 is 4.74 Å². The van der Waals surface area contributed by atoms with Gasteiger partial charge in [-0.2, -0.15) is 0 Å². The molecule has 2 nitrogen and oxygen atoms in total. The van der Waals surface area contributed by atoms with Crippen molar-refractivity contribution < 1.29 is 9.53 Å². The van der Waals surface area contributed by atoms with Crippen LogP contribution in [0.3, 0.4) is 0 Å². The van der Waals surface area contributed by atoms with Crippen LogP contribution in [0.5, 0.6) is 0 Å². The highest BCUT2D eigenvalue weighted by molar-refractivity contribution is 5.70. The molecule has 0 amide bonds. The summed E-state index contributed by atoms with van der Waals surface area (Å²) < 4.78 is 5.26. The lowest BCUT2D eigenvalue weighted by molar-refractivity contribution is -0.156. The molecular weight excluding hydrogens is 164 g/mol. The van der Waals surface area contributed by atoms with Crippen molar-refractivity contribution in [2.75, 3.05) is 0 Å². The number of unbranched alkanes of at least 4 members (excludes halogenated alkanes) is 2. The summed E-state index contributed by atoms with van der Waals surface area (Å²) in [5.41, 5.74) is 0. The zero-order valence-electron chi connectivity index (χ0n) is 8.71. The molecule has 0 unspecified atom stereocenters. The Balaban J connectivity index is 2.21. The van der Waals surface area contributed by atoms with Crippen molar-refractivity contribution in [3.63, 3.8) is 0 Å². The molecule has 1 saturated heterocycles.